The third-order valence-corrected chi connectivity index (χ3v) is 2.72. The Morgan fingerprint density at radius 3 is 2.64 bits per heavy atom. The van der Waals surface area contributed by atoms with E-state index in [0.29, 0.717) is 6.10 Å². The molecule has 1 aromatic rings. The predicted octanol–water partition coefficient (Wildman–Crippen LogP) is 3.35. The second kappa shape index (κ2) is 5.82. The molecule has 0 aliphatic carbocycles. The van der Waals surface area contributed by atoms with E-state index in [0.717, 1.165) is 6.42 Å². The lowest BCUT2D eigenvalue weighted by Crippen LogP contribution is -2.04. The summed E-state index contributed by atoms with van der Waals surface area (Å²) in [5.74, 6) is 0. The average Bonchev–Trinajstić information content (AvgIpc) is 2.20. The molecule has 14 heavy (non-hydrogen) atoms. The molecule has 78 valence electrons. The Bertz CT molecular complexity index is 268. The molecule has 0 N–H and O–H groups in total. The zero-order chi connectivity index (χ0) is 10.4. The van der Waals surface area contributed by atoms with Crippen molar-refractivity contribution in [3.05, 3.63) is 35.4 Å². The van der Waals surface area contributed by atoms with Gasteiger partial charge in [-0.15, -0.1) is 0 Å². The lowest BCUT2D eigenvalue weighted by atomic mass is 10.0. The molecule has 1 heteroatoms. The zero-order valence-corrected chi connectivity index (χ0v) is 9.42. The van der Waals surface area contributed by atoms with E-state index < -0.39 is 0 Å². The van der Waals surface area contributed by atoms with Crippen LogP contribution in [0.25, 0.3) is 0 Å². The lowest BCUT2D eigenvalue weighted by Gasteiger charge is -2.09. The highest BCUT2D eigenvalue weighted by molar-refractivity contribution is 5.25. The van der Waals surface area contributed by atoms with Crippen molar-refractivity contribution in [2.45, 2.75) is 39.2 Å². The molecule has 1 nitrogen and oxygen atoms in total. The molecule has 0 spiro atoms. The van der Waals surface area contributed by atoms with E-state index in [2.05, 4.69) is 38.1 Å². The molecule has 0 amide bonds. The maximum Gasteiger partial charge on any atom is 0.0543 e. The summed E-state index contributed by atoms with van der Waals surface area (Å²) in [5.41, 5.74) is 2.87. The number of aryl methyl sites for hydroxylation is 2. The Balaban J connectivity index is 2.35. The van der Waals surface area contributed by atoms with Crippen LogP contribution in [-0.2, 0) is 11.2 Å². The molecule has 1 atom stereocenters. The van der Waals surface area contributed by atoms with Crippen LogP contribution in [0.1, 0.15) is 30.9 Å². The maximum atomic E-state index is 5.22. The molecule has 0 saturated heterocycles. The second-order valence-electron chi connectivity index (χ2n) is 3.87. The first-order valence-corrected chi connectivity index (χ1v) is 5.31. The van der Waals surface area contributed by atoms with Crippen molar-refractivity contribution in [1.29, 1.82) is 0 Å². The van der Waals surface area contributed by atoms with Gasteiger partial charge in [-0.3, -0.25) is 0 Å². The normalized spacial score (nSPS) is 12.8. The van der Waals surface area contributed by atoms with Crippen LogP contribution in [-0.4, -0.2) is 13.2 Å². The Labute approximate surface area is 87.1 Å². The first-order valence-electron chi connectivity index (χ1n) is 5.31. The minimum atomic E-state index is 0.388. The molecule has 1 rings (SSSR count). The summed E-state index contributed by atoms with van der Waals surface area (Å²) in [7, 11) is 1.78. The van der Waals surface area contributed by atoms with Crippen LogP contribution >= 0.6 is 0 Å². The SMILES string of the molecule is COC(C)CCCc1ccccc1C. The van der Waals surface area contributed by atoms with E-state index in [4.69, 9.17) is 4.74 Å². The fourth-order valence-electron chi connectivity index (χ4n) is 1.59. The van der Waals surface area contributed by atoms with E-state index in [9.17, 15) is 0 Å². The average molecular weight is 192 g/mol. The summed E-state index contributed by atoms with van der Waals surface area (Å²) in [6.45, 7) is 4.30. The monoisotopic (exact) mass is 192 g/mol. The summed E-state index contributed by atoms with van der Waals surface area (Å²) in [5, 5.41) is 0. The largest absolute Gasteiger partial charge is 0.382 e. The molecule has 0 aliphatic heterocycles. The minimum Gasteiger partial charge on any atom is -0.382 e. The molecule has 1 aromatic carbocycles. The van der Waals surface area contributed by atoms with Crippen LogP contribution in [0, 0.1) is 6.92 Å². The Morgan fingerprint density at radius 1 is 1.29 bits per heavy atom. The summed E-state index contributed by atoms with van der Waals surface area (Å²) < 4.78 is 5.22. The standard InChI is InChI=1S/C13H20O/c1-11-7-4-5-9-13(11)10-6-8-12(2)14-3/h4-5,7,9,12H,6,8,10H2,1-3H3. The highest BCUT2D eigenvalue weighted by Gasteiger charge is 2.01. The fourth-order valence-corrected chi connectivity index (χ4v) is 1.59. The van der Waals surface area contributed by atoms with Crippen molar-refractivity contribution >= 4 is 0 Å². The van der Waals surface area contributed by atoms with Gasteiger partial charge in [0, 0.05) is 7.11 Å². The molecule has 1 unspecified atom stereocenters. The zero-order valence-electron chi connectivity index (χ0n) is 9.42. The van der Waals surface area contributed by atoms with Crippen LogP contribution in [0.2, 0.25) is 0 Å². The molecule has 0 heterocycles. The smallest absolute Gasteiger partial charge is 0.0543 e. The van der Waals surface area contributed by atoms with Gasteiger partial charge in [-0.1, -0.05) is 24.3 Å². The van der Waals surface area contributed by atoms with Crippen LogP contribution in [0.4, 0.5) is 0 Å². The van der Waals surface area contributed by atoms with Gasteiger partial charge in [-0.2, -0.15) is 0 Å². The topological polar surface area (TPSA) is 9.23 Å². The first-order chi connectivity index (χ1) is 6.74. The van der Waals surface area contributed by atoms with Crippen LogP contribution < -0.4 is 0 Å². The third-order valence-electron chi connectivity index (χ3n) is 2.72. The number of ether oxygens (including phenoxy) is 1. The van der Waals surface area contributed by atoms with Gasteiger partial charge >= 0.3 is 0 Å². The highest BCUT2D eigenvalue weighted by atomic mass is 16.5. The third kappa shape index (κ3) is 3.51. The molecular formula is C13H20O. The Kier molecular flexibility index (Phi) is 4.68. The van der Waals surface area contributed by atoms with Crippen molar-refractivity contribution in [1.82, 2.24) is 0 Å². The van der Waals surface area contributed by atoms with Crippen LogP contribution in [0.3, 0.4) is 0 Å². The first kappa shape index (κ1) is 11.3. The van der Waals surface area contributed by atoms with Crippen molar-refractivity contribution in [2.75, 3.05) is 7.11 Å². The summed E-state index contributed by atoms with van der Waals surface area (Å²) >= 11 is 0. The van der Waals surface area contributed by atoms with Crippen LogP contribution in [0.5, 0.6) is 0 Å². The fraction of sp³-hybridized carbons (Fsp3) is 0.538. The number of methoxy groups -OCH3 is 1. The Hall–Kier alpha value is -0.820. The molecular weight excluding hydrogens is 172 g/mol. The van der Waals surface area contributed by atoms with Crippen LogP contribution in [0.15, 0.2) is 24.3 Å². The minimum absolute atomic E-state index is 0.388. The Morgan fingerprint density at radius 2 is 2.00 bits per heavy atom. The summed E-state index contributed by atoms with van der Waals surface area (Å²) in [6.07, 6.45) is 3.91. The molecule has 0 aromatic heterocycles. The van der Waals surface area contributed by atoms with Gasteiger partial charge in [0.2, 0.25) is 0 Å². The van der Waals surface area contributed by atoms with Crippen molar-refractivity contribution in [3.63, 3.8) is 0 Å². The molecule has 0 bridgehead atoms. The molecule has 0 fully saturated rings. The van der Waals surface area contributed by atoms with E-state index in [1.165, 1.54) is 24.0 Å². The van der Waals surface area contributed by atoms with Crippen molar-refractivity contribution in [3.8, 4) is 0 Å². The van der Waals surface area contributed by atoms with Gasteiger partial charge in [0.05, 0.1) is 6.10 Å². The summed E-state index contributed by atoms with van der Waals surface area (Å²) in [6, 6.07) is 8.60. The quantitative estimate of drug-likeness (QED) is 0.695. The van der Waals surface area contributed by atoms with Crippen molar-refractivity contribution < 1.29 is 4.74 Å². The number of benzene rings is 1. The number of hydrogen-bond acceptors (Lipinski definition) is 1. The molecule has 0 radical (unpaired) electrons. The molecule has 0 saturated carbocycles. The molecule has 0 aliphatic rings. The lowest BCUT2D eigenvalue weighted by molar-refractivity contribution is 0.109. The van der Waals surface area contributed by atoms with E-state index >= 15 is 0 Å². The van der Waals surface area contributed by atoms with E-state index in [1.807, 2.05) is 0 Å². The van der Waals surface area contributed by atoms with Gasteiger partial charge in [-0.25, -0.2) is 0 Å². The maximum absolute atomic E-state index is 5.22. The number of rotatable bonds is 5. The van der Waals surface area contributed by atoms with Gasteiger partial charge in [0.1, 0.15) is 0 Å². The summed E-state index contributed by atoms with van der Waals surface area (Å²) in [4.78, 5) is 0. The van der Waals surface area contributed by atoms with E-state index in [1.54, 1.807) is 7.11 Å². The van der Waals surface area contributed by atoms with Crippen molar-refractivity contribution in [2.24, 2.45) is 0 Å². The second-order valence-corrected chi connectivity index (χ2v) is 3.87. The van der Waals surface area contributed by atoms with E-state index in [-0.39, 0.29) is 0 Å². The number of hydrogen-bond donors (Lipinski definition) is 0. The van der Waals surface area contributed by atoms with Gasteiger partial charge in [0.15, 0.2) is 0 Å². The van der Waals surface area contributed by atoms with Gasteiger partial charge < -0.3 is 4.74 Å². The highest BCUT2D eigenvalue weighted by Crippen LogP contribution is 2.12. The van der Waals surface area contributed by atoms with Gasteiger partial charge in [-0.05, 0) is 44.2 Å². The predicted molar refractivity (Wildman–Crippen MR) is 60.6 cm³/mol. The van der Waals surface area contributed by atoms with Gasteiger partial charge in [0.25, 0.3) is 0 Å².